The molecule has 8 heteroatoms. The number of nitrogens with zero attached hydrogens (tertiary/aromatic N) is 6. The van der Waals surface area contributed by atoms with Crippen molar-refractivity contribution in [2.75, 3.05) is 39.4 Å². The molecule has 2 fully saturated rings. The van der Waals surface area contributed by atoms with Crippen LogP contribution in [0.1, 0.15) is 36.2 Å². The van der Waals surface area contributed by atoms with Crippen LogP contribution in [0.25, 0.3) is 0 Å². The summed E-state index contributed by atoms with van der Waals surface area (Å²) in [6, 6.07) is 0. The smallest absolute Gasteiger partial charge is 0.146 e. The zero-order chi connectivity index (χ0) is 17.1. The summed E-state index contributed by atoms with van der Waals surface area (Å²) >= 11 is 0. The molecule has 25 heavy (non-hydrogen) atoms. The molecule has 136 valence electrons. The quantitative estimate of drug-likeness (QED) is 0.862. The molecule has 0 radical (unpaired) electrons. The summed E-state index contributed by atoms with van der Waals surface area (Å²) in [6.07, 6.45) is 6.07. The van der Waals surface area contributed by atoms with Crippen molar-refractivity contribution >= 4 is 0 Å². The Kier molecular flexibility index (Phi) is 5.09. The first-order valence-electron chi connectivity index (χ1n) is 9.18. The Morgan fingerprint density at radius 2 is 2.04 bits per heavy atom. The van der Waals surface area contributed by atoms with Crippen molar-refractivity contribution in [3.05, 3.63) is 29.9 Å². The number of imidazole rings is 1. The van der Waals surface area contributed by atoms with Gasteiger partial charge >= 0.3 is 0 Å². The van der Waals surface area contributed by atoms with Gasteiger partial charge in [0.15, 0.2) is 0 Å². The van der Waals surface area contributed by atoms with Gasteiger partial charge in [-0.05, 0) is 19.4 Å². The fourth-order valence-electron chi connectivity index (χ4n) is 3.83. The first-order chi connectivity index (χ1) is 12.3. The number of nitrogens with one attached hydrogen (secondary N) is 1. The molecule has 0 aromatic carbocycles. The number of hydrogen-bond acceptors (Lipinski definition) is 6. The predicted octanol–water partition coefficient (Wildman–Crippen LogP) is 0.750. The van der Waals surface area contributed by atoms with Crippen LogP contribution < -0.4 is 0 Å². The van der Waals surface area contributed by atoms with E-state index >= 15 is 0 Å². The van der Waals surface area contributed by atoms with E-state index in [4.69, 9.17) is 4.74 Å². The van der Waals surface area contributed by atoms with Gasteiger partial charge < -0.3 is 14.3 Å². The van der Waals surface area contributed by atoms with E-state index in [0.717, 1.165) is 70.0 Å². The van der Waals surface area contributed by atoms with Crippen molar-refractivity contribution in [3.8, 4) is 0 Å². The first kappa shape index (κ1) is 16.7. The zero-order valence-electron chi connectivity index (χ0n) is 14.9. The van der Waals surface area contributed by atoms with Crippen LogP contribution in [0.15, 0.2) is 12.4 Å². The van der Waals surface area contributed by atoms with Crippen LogP contribution >= 0.6 is 0 Å². The lowest BCUT2D eigenvalue weighted by Crippen LogP contribution is -2.36. The fraction of sp³-hybridized carbons (Fsp3) is 0.706. The summed E-state index contributed by atoms with van der Waals surface area (Å²) in [5, 5.41) is 9.02. The second kappa shape index (κ2) is 7.63. The highest BCUT2D eigenvalue weighted by Gasteiger charge is 2.26. The molecule has 1 unspecified atom stereocenters. The highest BCUT2D eigenvalue weighted by atomic mass is 16.5. The van der Waals surface area contributed by atoms with E-state index < -0.39 is 0 Å². The number of morpholine rings is 1. The summed E-state index contributed by atoms with van der Waals surface area (Å²) in [5.41, 5.74) is 0. The van der Waals surface area contributed by atoms with Gasteiger partial charge in [0.2, 0.25) is 0 Å². The molecule has 4 heterocycles. The molecule has 0 aliphatic carbocycles. The average molecular weight is 345 g/mol. The maximum absolute atomic E-state index is 5.43. The van der Waals surface area contributed by atoms with Crippen molar-refractivity contribution in [1.29, 1.82) is 0 Å². The number of rotatable bonds is 5. The Morgan fingerprint density at radius 3 is 2.84 bits per heavy atom. The van der Waals surface area contributed by atoms with Gasteiger partial charge in [-0.15, -0.1) is 10.2 Å². The van der Waals surface area contributed by atoms with Crippen LogP contribution in [0.4, 0.5) is 0 Å². The van der Waals surface area contributed by atoms with Crippen LogP contribution in [-0.4, -0.2) is 73.9 Å². The van der Waals surface area contributed by atoms with E-state index in [1.165, 1.54) is 12.8 Å². The minimum Gasteiger partial charge on any atom is -0.379 e. The number of aromatic nitrogens is 5. The highest BCUT2D eigenvalue weighted by Crippen LogP contribution is 2.26. The van der Waals surface area contributed by atoms with Crippen molar-refractivity contribution < 1.29 is 4.74 Å². The van der Waals surface area contributed by atoms with Gasteiger partial charge in [-0.1, -0.05) is 0 Å². The third-order valence-electron chi connectivity index (χ3n) is 5.27. The Balaban J connectivity index is 1.40. The normalized spacial score (nSPS) is 23.2. The van der Waals surface area contributed by atoms with Gasteiger partial charge in [-0.25, -0.2) is 4.98 Å². The maximum Gasteiger partial charge on any atom is 0.146 e. The number of H-pyrrole nitrogens is 1. The van der Waals surface area contributed by atoms with Crippen molar-refractivity contribution in [2.45, 2.75) is 31.8 Å². The molecule has 2 aliphatic heterocycles. The molecule has 0 saturated carbocycles. The SMILES string of the molecule is Cn1c(CN2CCOCC2)nnc1C1CCCN(Cc2ncc[nH]2)C1. The Hall–Kier alpha value is -1.77. The van der Waals surface area contributed by atoms with Gasteiger partial charge in [0.05, 0.1) is 26.3 Å². The van der Waals surface area contributed by atoms with Crippen LogP contribution in [0.3, 0.4) is 0 Å². The predicted molar refractivity (Wildman–Crippen MR) is 92.9 cm³/mol. The van der Waals surface area contributed by atoms with Gasteiger partial charge in [0, 0.05) is 45.0 Å². The van der Waals surface area contributed by atoms with E-state index in [1.54, 1.807) is 0 Å². The standard InChI is InChI=1S/C17H27N7O/c1-22-16(13-23-7-9-25-10-8-23)20-21-17(22)14-3-2-6-24(11-14)12-15-18-4-5-19-15/h4-5,14H,2-3,6-13H2,1H3,(H,18,19). The second-order valence-corrected chi connectivity index (χ2v) is 7.03. The third-order valence-corrected chi connectivity index (χ3v) is 5.27. The highest BCUT2D eigenvalue weighted by molar-refractivity contribution is 5.04. The molecule has 2 aromatic rings. The van der Waals surface area contributed by atoms with Gasteiger partial charge in [-0.3, -0.25) is 9.80 Å². The van der Waals surface area contributed by atoms with E-state index in [-0.39, 0.29) is 0 Å². The lowest BCUT2D eigenvalue weighted by atomic mass is 9.97. The van der Waals surface area contributed by atoms with Gasteiger partial charge in [-0.2, -0.15) is 0 Å². The fourth-order valence-corrected chi connectivity index (χ4v) is 3.83. The molecule has 4 rings (SSSR count). The molecule has 0 spiro atoms. The van der Waals surface area contributed by atoms with E-state index in [1.807, 2.05) is 12.4 Å². The van der Waals surface area contributed by atoms with E-state index in [0.29, 0.717) is 5.92 Å². The third kappa shape index (κ3) is 3.91. The Bertz CT molecular complexity index is 663. The summed E-state index contributed by atoms with van der Waals surface area (Å²) in [7, 11) is 2.11. The molecular formula is C17H27N7O. The molecular weight excluding hydrogens is 318 g/mol. The van der Waals surface area contributed by atoms with E-state index in [2.05, 4.69) is 41.6 Å². The first-order valence-corrected chi connectivity index (χ1v) is 9.18. The molecule has 2 saturated heterocycles. The van der Waals surface area contributed by atoms with Crippen LogP contribution in [-0.2, 0) is 24.9 Å². The molecule has 1 atom stereocenters. The van der Waals surface area contributed by atoms with E-state index in [9.17, 15) is 0 Å². The minimum absolute atomic E-state index is 0.444. The van der Waals surface area contributed by atoms with Crippen LogP contribution in [0, 0.1) is 0 Å². The molecule has 0 bridgehead atoms. The number of hydrogen-bond donors (Lipinski definition) is 1. The minimum atomic E-state index is 0.444. The van der Waals surface area contributed by atoms with Crippen molar-refractivity contribution in [1.82, 2.24) is 34.5 Å². The van der Waals surface area contributed by atoms with Crippen LogP contribution in [0.5, 0.6) is 0 Å². The monoisotopic (exact) mass is 345 g/mol. The Morgan fingerprint density at radius 1 is 1.16 bits per heavy atom. The maximum atomic E-state index is 5.43. The molecule has 0 amide bonds. The van der Waals surface area contributed by atoms with Crippen LogP contribution in [0.2, 0.25) is 0 Å². The van der Waals surface area contributed by atoms with Gasteiger partial charge in [0.25, 0.3) is 0 Å². The lowest BCUT2D eigenvalue weighted by Gasteiger charge is -2.31. The second-order valence-electron chi connectivity index (χ2n) is 7.03. The lowest BCUT2D eigenvalue weighted by molar-refractivity contribution is 0.0326. The molecule has 2 aliphatic rings. The zero-order valence-corrected chi connectivity index (χ0v) is 14.9. The van der Waals surface area contributed by atoms with Crippen molar-refractivity contribution in [3.63, 3.8) is 0 Å². The summed E-state index contributed by atoms with van der Waals surface area (Å²) < 4.78 is 7.63. The largest absolute Gasteiger partial charge is 0.379 e. The summed E-state index contributed by atoms with van der Waals surface area (Å²) in [6.45, 7) is 7.45. The Labute approximate surface area is 148 Å². The number of aromatic amines is 1. The number of ether oxygens (including phenoxy) is 1. The topological polar surface area (TPSA) is 75.1 Å². The van der Waals surface area contributed by atoms with Gasteiger partial charge in [0.1, 0.15) is 17.5 Å². The summed E-state index contributed by atoms with van der Waals surface area (Å²) in [4.78, 5) is 12.4. The molecule has 2 aromatic heterocycles. The van der Waals surface area contributed by atoms with Crippen molar-refractivity contribution in [2.24, 2.45) is 7.05 Å². The molecule has 1 N–H and O–H groups in total. The number of likely N-dealkylation sites (tertiary alicyclic amines) is 1. The molecule has 8 nitrogen and oxygen atoms in total. The summed E-state index contributed by atoms with van der Waals surface area (Å²) in [5.74, 6) is 3.65. The number of piperidine rings is 1. The average Bonchev–Trinajstić information content (AvgIpc) is 3.27.